The van der Waals surface area contributed by atoms with Gasteiger partial charge >= 0.3 is 0 Å². The van der Waals surface area contributed by atoms with Crippen LogP contribution in [0.1, 0.15) is 43.4 Å². The van der Waals surface area contributed by atoms with Gasteiger partial charge < -0.3 is 5.32 Å². The molecule has 2 fully saturated rings. The number of rotatable bonds is 2. The summed E-state index contributed by atoms with van der Waals surface area (Å²) in [4.78, 5) is 7.14. The Labute approximate surface area is 116 Å². The number of nitrogens with zero attached hydrogens (tertiary/aromatic N) is 2. The van der Waals surface area contributed by atoms with Gasteiger partial charge in [0.25, 0.3) is 0 Å². The molecule has 0 unspecified atom stereocenters. The van der Waals surface area contributed by atoms with Gasteiger partial charge in [-0.05, 0) is 31.4 Å². The Balaban J connectivity index is 1.67. The molecular formula is C16H25N3. The van der Waals surface area contributed by atoms with Crippen molar-refractivity contribution >= 4 is 0 Å². The fourth-order valence-electron chi connectivity index (χ4n) is 3.64. The number of aromatic nitrogens is 1. The van der Waals surface area contributed by atoms with E-state index in [2.05, 4.69) is 28.2 Å². The molecule has 2 heterocycles. The van der Waals surface area contributed by atoms with E-state index < -0.39 is 0 Å². The third-order valence-electron chi connectivity index (χ3n) is 4.76. The first kappa shape index (κ1) is 13.1. The number of nitrogens with one attached hydrogen (secondary N) is 1. The van der Waals surface area contributed by atoms with E-state index in [0.717, 1.165) is 19.6 Å². The highest BCUT2D eigenvalue weighted by Gasteiger charge is 2.36. The van der Waals surface area contributed by atoms with Crippen molar-refractivity contribution in [1.82, 2.24) is 15.2 Å². The minimum Gasteiger partial charge on any atom is -0.309 e. The fraction of sp³-hybridized carbons (Fsp3) is 0.688. The van der Waals surface area contributed by atoms with Gasteiger partial charge in [0.15, 0.2) is 0 Å². The number of aryl methyl sites for hydroxylation is 1. The normalized spacial score (nSPS) is 23.6. The largest absolute Gasteiger partial charge is 0.309 e. The molecule has 104 valence electrons. The minimum absolute atomic E-state index is 0.402. The Morgan fingerprint density at radius 1 is 1.32 bits per heavy atom. The first-order valence-corrected chi connectivity index (χ1v) is 7.65. The second-order valence-corrected chi connectivity index (χ2v) is 6.25. The van der Waals surface area contributed by atoms with Crippen LogP contribution in [-0.2, 0) is 6.54 Å². The molecule has 0 radical (unpaired) electrons. The summed E-state index contributed by atoms with van der Waals surface area (Å²) in [6.45, 7) is 6.66. The van der Waals surface area contributed by atoms with Crippen molar-refractivity contribution in [2.24, 2.45) is 0 Å². The van der Waals surface area contributed by atoms with Gasteiger partial charge in [-0.3, -0.25) is 9.88 Å². The molecular weight excluding hydrogens is 234 g/mol. The second-order valence-electron chi connectivity index (χ2n) is 6.25. The maximum Gasteiger partial charge on any atom is 0.0573 e. The number of pyridine rings is 1. The van der Waals surface area contributed by atoms with Crippen molar-refractivity contribution < 1.29 is 0 Å². The van der Waals surface area contributed by atoms with E-state index in [1.807, 2.05) is 12.3 Å². The molecule has 1 aliphatic carbocycles. The highest BCUT2D eigenvalue weighted by Crippen LogP contribution is 2.31. The van der Waals surface area contributed by atoms with Crippen LogP contribution in [0.15, 0.2) is 18.3 Å². The van der Waals surface area contributed by atoms with Crippen molar-refractivity contribution in [2.45, 2.75) is 51.1 Å². The van der Waals surface area contributed by atoms with Crippen LogP contribution in [-0.4, -0.2) is 35.1 Å². The van der Waals surface area contributed by atoms with Crippen LogP contribution in [0.3, 0.4) is 0 Å². The molecule has 1 saturated heterocycles. The van der Waals surface area contributed by atoms with Crippen molar-refractivity contribution in [3.05, 3.63) is 29.6 Å². The zero-order chi connectivity index (χ0) is 13.1. The van der Waals surface area contributed by atoms with Gasteiger partial charge in [-0.25, -0.2) is 0 Å². The smallest absolute Gasteiger partial charge is 0.0573 e. The first-order chi connectivity index (χ1) is 9.27. The van der Waals surface area contributed by atoms with Crippen molar-refractivity contribution in [1.29, 1.82) is 0 Å². The van der Waals surface area contributed by atoms with Crippen LogP contribution in [0.2, 0.25) is 0 Å². The maximum atomic E-state index is 4.54. The molecule has 19 heavy (non-hydrogen) atoms. The Kier molecular flexibility index (Phi) is 3.85. The number of hydrogen-bond acceptors (Lipinski definition) is 3. The van der Waals surface area contributed by atoms with Crippen molar-refractivity contribution in [2.75, 3.05) is 19.6 Å². The third kappa shape index (κ3) is 2.98. The molecule has 3 rings (SSSR count). The van der Waals surface area contributed by atoms with Gasteiger partial charge in [-0.1, -0.05) is 25.3 Å². The lowest BCUT2D eigenvalue weighted by atomic mass is 9.80. The van der Waals surface area contributed by atoms with Crippen LogP contribution < -0.4 is 5.32 Å². The van der Waals surface area contributed by atoms with Gasteiger partial charge in [-0.15, -0.1) is 0 Å². The molecule has 3 nitrogen and oxygen atoms in total. The predicted molar refractivity (Wildman–Crippen MR) is 78.1 cm³/mol. The molecule has 0 atom stereocenters. The summed E-state index contributed by atoms with van der Waals surface area (Å²) in [5.41, 5.74) is 2.97. The van der Waals surface area contributed by atoms with Crippen molar-refractivity contribution in [3.8, 4) is 0 Å². The topological polar surface area (TPSA) is 28.2 Å². The van der Waals surface area contributed by atoms with Gasteiger partial charge in [0.1, 0.15) is 0 Å². The van der Waals surface area contributed by atoms with E-state index in [0.29, 0.717) is 5.54 Å². The summed E-state index contributed by atoms with van der Waals surface area (Å²) < 4.78 is 0. The SMILES string of the molecule is Cc1cccnc1CN1CCNC2(CCCCC2)C1. The summed E-state index contributed by atoms with van der Waals surface area (Å²) >= 11 is 0. The molecule has 1 aromatic heterocycles. The van der Waals surface area contributed by atoms with Crippen LogP contribution in [0.25, 0.3) is 0 Å². The predicted octanol–water partition coefficient (Wildman–Crippen LogP) is 2.50. The zero-order valence-electron chi connectivity index (χ0n) is 12.0. The summed E-state index contributed by atoms with van der Waals surface area (Å²) in [6.07, 6.45) is 8.83. The number of hydrogen-bond donors (Lipinski definition) is 1. The molecule has 1 aromatic rings. The lowest BCUT2D eigenvalue weighted by Gasteiger charge is -2.46. The van der Waals surface area contributed by atoms with E-state index in [1.54, 1.807) is 0 Å². The molecule has 2 aliphatic rings. The maximum absolute atomic E-state index is 4.54. The van der Waals surface area contributed by atoms with Crippen LogP contribution in [0.5, 0.6) is 0 Å². The van der Waals surface area contributed by atoms with E-state index >= 15 is 0 Å². The highest BCUT2D eigenvalue weighted by molar-refractivity contribution is 5.17. The standard InChI is InChI=1S/C16H25N3/c1-14-6-5-9-17-15(14)12-19-11-10-18-16(13-19)7-3-2-4-8-16/h5-6,9,18H,2-4,7-8,10-13H2,1H3. The van der Waals surface area contributed by atoms with Gasteiger partial charge in [0, 0.05) is 37.9 Å². The lowest BCUT2D eigenvalue weighted by Crippen LogP contribution is -2.60. The molecule has 1 aliphatic heterocycles. The van der Waals surface area contributed by atoms with Crippen LogP contribution >= 0.6 is 0 Å². The molecule has 0 amide bonds. The minimum atomic E-state index is 0.402. The summed E-state index contributed by atoms with van der Waals surface area (Å²) in [5.74, 6) is 0. The average Bonchev–Trinajstić information content (AvgIpc) is 2.42. The fourth-order valence-corrected chi connectivity index (χ4v) is 3.64. The summed E-state index contributed by atoms with van der Waals surface area (Å²) in [5, 5.41) is 3.80. The van der Waals surface area contributed by atoms with Crippen LogP contribution in [0.4, 0.5) is 0 Å². The Morgan fingerprint density at radius 2 is 2.16 bits per heavy atom. The van der Waals surface area contributed by atoms with E-state index in [9.17, 15) is 0 Å². The zero-order valence-corrected chi connectivity index (χ0v) is 12.0. The van der Waals surface area contributed by atoms with E-state index in [-0.39, 0.29) is 0 Å². The van der Waals surface area contributed by atoms with Crippen LogP contribution in [0, 0.1) is 6.92 Å². The Bertz CT molecular complexity index is 418. The first-order valence-electron chi connectivity index (χ1n) is 7.65. The van der Waals surface area contributed by atoms with E-state index in [1.165, 1.54) is 49.9 Å². The Morgan fingerprint density at radius 3 is 2.95 bits per heavy atom. The molecule has 0 bridgehead atoms. The molecule has 1 N–H and O–H groups in total. The third-order valence-corrected chi connectivity index (χ3v) is 4.76. The highest BCUT2D eigenvalue weighted by atomic mass is 15.2. The van der Waals surface area contributed by atoms with Gasteiger partial charge in [0.05, 0.1) is 5.69 Å². The quantitative estimate of drug-likeness (QED) is 0.884. The van der Waals surface area contributed by atoms with Gasteiger partial charge in [-0.2, -0.15) is 0 Å². The summed E-state index contributed by atoms with van der Waals surface area (Å²) in [7, 11) is 0. The molecule has 3 heteroatoms. The second kappa shape index (κ2) is 5.59. The lowest BCUT2D eigenvalue weighted by molar-refractivity contribution is 0.0935. The number of piperazine rings is 1. The molecule has 0 aromatic carbocycles. The van der Waals surface area contributed by atoms with Crippen molar-refractivity contribution in [3.63, 3.8) is 0 Å². The summed E-state index contributed by atoms with van der Waals surface area (Å²) in [6, 6.07) is 4.19. The molecule has 1 saturated carbocycles. The average molecular weight is 259 g/mol. The Hall–Kier alpha value is -0.930. The van der Waals surface area contributed by atoms with E-state index in [4.69, 9.17) is 0 Å². The van der Waals surface area contributed by atoms with Gasteiger partial charge in [0.2, 0.25) is 0 Å². The molecule has 1 spiro atoms. The monoisotopic (exact) mass is 259 g/mol.